The van der Waals surface area contributed by atoms with Crippen LogP contribution in [0.4, 0.5) is 0 Å². The van der Waals surface area contributed by atoms with Crippen LogP contribution < -0.4 is 5.32 Å². The Morgan fingerprint density at radius 3 is 2.75 bits per heavy atom. The average molecular weight is 226 g/mol. The predicted octanol–water partition coefficient (Wildman–Crippen LogP) is 0.217. The lowest BCUT2D eigenvalue weighted by molar-refractivity contribution is -0.138. The Labute approximate surface area is 97.0 Å². The van der Waals surface area contributed by atoms with Gasteiger partial charge in [-0.25, -0.2) is 0 Å². The van der Waals surface area contributed by atoms with Crippen LogP contribution in [0.1, 0.15) is 25.7 Å². The largest absolute Gasteiger partial charge is 0.396 e. The van der Waals surface area contributed by atoms with Crippen LogP contribution in [-0.4, -0.2) is 48.7 Å². The molecular weight excluding hydrogens is 204 g/mol. The topological polar surface area (TPSA) is 52.6 Å². The Morgan fingerprint density at radius 1 is 1.31 bits per heavy atom. The summed E-state index contributed by atoms with van der Waals surface area (Å²) in [6.07, 6.45) is 4.05. The number of carbonyl (C=O) groups excluding carboxylic acids is 1. The van der Waals surface area contributed by atoms with Gasteiger partial charge in [0.2, 0.25) is 5.91 Å². The van der Waals surface area contributed by atoms with Crippen molar-refractivity contribution in [3.63, 3.8) is 0 Å². The first-order valence-electron chi connectivity index (χ1n) is 6.41. The zero-order chi connectivity index (χ0) is 11.4. The van der Waals surface area contributed by atoms with Crippen molar-refractivity contribution in [1.29, 1.82) is 0 Å². The number of rotatable bonds is 2. The average Bonchev–Trinajstić information content (AvgIpc) is 2.39. The van der Waals surface area contributed by atoms with E-state index in [2.05, 4.69) is 5.32 Å². The van der Waals surface area contributed by atoms with Crippen LogP contribution in [-0.2, 0) is 4.79 Å². The summed E-state index contributed by atoms with van der Waals surface area (Å²) in [7, 11) is 0. The molecule has 0 aromatic heterocycles. The fourth-order valence-corrected chi connectivity index (χ4v) is 2.74. The van der Waals surface area contributed by atoms with E-state index in [9.17, 15) is 4.79 Å². The molecule has 4 nitrogen and oxygen atoms in total. The maximum Gasteiger partial charge on any atom is 0.225 e. The van der Waals surface area contributed by atoms with Gasteiger partial charge in [0.05, 0.1) is 0 Å². The molecule has 0 bridgehead atoms. The number of hydrogen-bond donors (Lipinski definition) is 2. The van der Waals surface area contributed by atoms with Gasteiger partial charge in [0, 0.05) is 25.6 Å². The van der Waals surface area contributed by atoms with Gasteiger partial charge in [0.15, 0.2) is 0 Å². The lowest BCUT2D eigenvalue weighted by atomic mass is 9.93. The molecule has 2 aliphatic rings. The van der Waals surface area contributed by atoms with Crippen LogP contribution in [0.2, 0.25) is 0 Å². The maximum absolute atomic E-state index is 12.2. The molecule has 1 atom stereocenters. The van der Waals surface area contributed by atoms with Crippen molar-refractivity contribution in [3.05, 3.63) is 0 Å². The number of aliphatic hydroxyl groups is 1. The van der Waals surface area contributed by atoms with Crippen molar-refractivity contribution in [2.45, 2.75) is 25.7 Å². The van der Waals surface area contributed by atoms with E-state index >= 15 is 0 Å². The van der Waals surface area contributed by atoms with E-state index < -0.39 is 0 Å². The zero-order valence-electron chi connectivity index (χ0n) is 9.82. The lowest BCUT2D eigenvalue weighted by Gasteiger charge is -2.35. The van der Waals surface area contributed by atoms with Gasteiger partial charge in [0.1, 0.15) is 0 Å². The molecule has 16 heavy (non-hydrogen) atoms. The van der Waals surface area contributed by atoms with Gasteiger partial charge >= 0.3 is 0 Å². The third-order valence-electron chi connectivity index (χ3n) is 3.78. The molecule has 1 unspecified atom stereocenters. The summed E-state index contributed by atoms with van der Waals surface area (Å²) in [5.74, 6) is 0.845. The zero-order valence-corrected chi connectivity index (χ0v) is 9.82. The first-order valence-corrected chi connectivity index (χ1v) is 6.41. The fraction of sp³-hybridized carbons (Fsp3) is 0.917. The molecule has 4 heteroatoms. The number of nitrogens with zero attached hydrogens (tertiary/aromatic N) is 1. The van der Waals surface area contributed by atoms with Gasteiger partial charge in [-0.05, 0) is 44.7 Å². The third-order valence-corrected chi connectivity index (χ3v) is 3.78. The van der Waals surface area contributed by atoms with E-state index in [4.69, 9.17) is 5.11 Å². The summed E-state index contributed by atoms with van der Waals surface area (Å²) < 4.78 is 0. The highest BCUT2D eigenvalue weighted by molar-refractivity contribution is 5.79. The number of aliphatic hydroxyl groups excluding tert-OH is 1. The van der Waals surface area contributed by atoms with Crippen molar-refractivity contribution >= 4 is 5.91 Å². The maximum atomic E-state index is 12.2. The molecule has 2 aliphatic heterocycles. The van der Waals surface area contributed by atoms with E-state index in [-0.39, 0.29) is 12.5 Å². The smallest absolute Gasteiger partial charge is 0.225 e. The number of carbonyl (C=O) groups is 1. The summed E-state index contributed by atoms with van der Waals surface area (Å²) in [6, 6.07) is 0. The third kappa shape index (κ3) is 2.74. The molecule has 0 aromatic rings. The van der Waals surface area contributed by atoms with Gasteiger partial charge in [-0.2, -0.15) is 0 Å². The lowest BCUT2D eigenvalue weighted by Crippen LogP contribution is -2.46. The summed E-state index contributed by atoms with van der Waals surface area (Å²) in [5.41, 5.74) is 0. The second kappa shape index (κ2) is 5.64. The molecule has 2 fully saturated rings. The summed E-state index contributed by atoms with van der Waals surface area (Å²) >= 11 is 0. The highest BCUT2D eigenvalue weighted by atomic mass is 16.3. The van der Waals surface area contributed by atoms with Crippen molar-refractivity contribution < 1.29 is 9.90 Å². The normalized spacial score (nSPS) is 28.1. The Balaban J connectivity index is 1.87. The Bertz CT molecular complexity index is 239. The molecule has 2 saturated heterocycles. The Kier molecular flexibility index (Phi) is 4.18. The number of amides is 1. The Hall–Kier alpha value is -0.610. The standard InChI is InChI=1S/C12H22N2O2/c15-9-10-2-1-7-14(8-10)12(16)11-3-5-13-6-4-11/h10-11,13,15H,1-9H2. The van der Waals surface area contributed by atoms with Gasteiger partial charge in [-0.1, -0.05) is 0 Å². The minimum Gasteiger partial charge on any atom is -0.396 e. The number of nitrogens with one attached hydrogen (secondary N) is 1. The fourth-order valence-electron chi connectivity index (χ4n) is 2.74. The SMILES string of the molecule is O=C(C1CCNCC1)N1CCCC(CO)C1. The molecule has 1 amide bonds. The first-order chi connectivity index (χ1) is 7.81. The predicted molar refractivity (Wildman–Crippen MR) is 62.0 cm³/mol. The molecule has 0 saturated carbocycles. The summed E-state index contributed by atoms with van der Waals surface area (Å²) in [4.78, 5) is 14.2. The quantitative estimate of drug-likeness (QED) is 0.708. The van der Waals surface area contributed by atoms with E-state index in [0.29, 0.717) is 11.8 Å². The van der Waals surface area contributed by atoms with Crippen molar-refractivity contribution in [2.75, 3.05) is 32.8 Å². The minimum absolute atomic E-state index is 0.218. The molecule has 2 N–H and O–H groups in total. The van der Waals surface area contributed by atoms with Gasteiger partial charge in [-0.3, -0.25) is 4.79 Å². The first kappa shape index (κ1) is 11.9. The Morgan fingerprint density at radius 2 is 2.06 bits per heavy atom. The highest BCUT2D eigenvalue weighted by Gasteiger charge is 2.29. The molecule has 0 aliphatic carbocycles. The van der Waals surface area contributed by atoms with E-state index in [1.54, 1.807) is 0 Å². The van der Waals surface area contributed by atoms with Crippen LogP contribution in [0.15, 0.2) is 0 Å². The molecule has 92 valence electrons. The van der Waals surface area contributed by atoms with Gasteiger partial charge < -0.3 is 15.3 Å². The summed E-state index contributed by atoms with van der Waals surface area (Å²) in [6.45, 7) is 3.80. The van der Waals surface area contributed by atoms with E-state index in [1.165, 1.54) is 0 Å². The number of likely N-dealkylation sites (tertiary alicyclic amines) is 1. The molecule has 2 heterocycles. The molecule has 2 rings (SSSR count). The van der Waals surface area contributed by atoms with Crippen LogP contribution in [0.3, 0.4) is 0 Å². The molecule has 0 radical (unpaired) electrons. The van der Waals surface area contributed by atoms with Crippen LogP contribution in [0, 0.1) is 11.8 Å². The van der Waals surface area contributed by atoms with Crippen LogP contribution >= 0.6 is 0 Å². The van der Waals surface area contributed by atoms with Crippen molar-refractivity contribution in [1.82, 2.24) is 10.2 Å². The second-order valence-corrected chi connectivity index (χ2v) is 5.00. The molecule has 0 spiro atoms. The van der Waals surface area contributed by atoms with Gasteiger partial charge in [-0.15, -0.1) is 0 Å². The van der Waals surface area contributed by atoms with E-state index in [0.717, 1.165) is 51.9 Å². The second-order valence-electron chi connectivity index (χ2n) is 5.00. The van der Waals surface area contributed by atoms with Crippen molar-refractivity contribution in [2.24, 2.45) is 11.8 Å². The highest BCUT2D eigenvalue weighted by Crippen LogP contribution is 2.21. The number of piperidine rings is 2. The van der Waals surface area contributed by atoms with Crippen molar-refractivity contribution in [3.8, 4) is 0 Å². The van der Waals surface area contributed by atoms with Gasteiger partial charge in [0.25, 0.3) is 0 Å². The van der Waals surface area contributed by atoms with Crippen LogP contribution in [0.25, 0.3) is 0 Å². The van der Waals surface area contributed by atoms with E-state index in [1.807, 2.05) is 4.90 Å². The molecular formula is C12H22N2O2. The van der Waals surface area contributed by atoms with Crippen LogP contribution in [0.5, 0.6) is 0 Å². The minimum atomic E-state index is 0.218. The molecule has 0 aromatic carbocycles. The number of hydrogen-bond acceptors (Lipinski definition) is 3. The summed E-state index contributed by atoms with van der Waals surface area (Å²) in [5, 5.41) is 12.4. The monoisotopic (exact) mass is 226 g/mol.